The minimum atomic E-state index is -0.752. The van der Waals surface area contributed by atoms with E-state index in [9.17, 15) is 4.79 Å². The molecule has 0 bridgehead atoms. The van der Waals surface area contributed by atoms with Crippen LogP contribution in [0, 0.1) is 0 Å². The molecule has 0 aromatic carbocycles. The summed E-state index contributed by atoms with van der Waals surface area (Å²) < 4.78 is 0.481. The zero-order chi connectivity index (χ0) is 6.78. The molecule has 0 aromatic heterocycles. The molecule has 3 N–H and O–H groups in total. The molecule has 0 amide bonds. The van der Waals surface area contributed by atoms with Crippen molar-refractivity contribution in [2.24, 2.45) is 0 Å². The van der Waals surface area contributed by atoms with Gasteiger partial charge in [-0.05, 0) is 0 Å². The van der Waals surface area contributed by atoms with Gasteiger partial charge in [-0.25, -0.2) is 4.79 Å². The zero-order valence-corrected chi connectivity index (χ0v) is 6.01. The van der Waals surface area contributed by atoms with E-state index in [1.807, 2.05) is 21.1 Å². The molecule has 0 saturated carbocycles. The first kappa shape index (κ1) is 11.2. The number of rotatable bonds is 2. The van der Waals surface area contributed by atoms with Gasteiger partial charge in [-0.3, -0.25) is 0 Å². The largest absolute Gasteiger partial charge is 0.477 e. The third kappa shape index (κ3) is 11.1. The fraction of sp³-hybridized carbons (Fsp3) is 0.800. The van der Waals surface area contributed by atoms with Crippen LogP contribution >= 0.6 is 0 Å². The summed E-state index contributed by atoms with van der Waals surface area (Å²) in [6.07, 6.45) is 0. The first-order valence-corrected chi connectivity index (χ1v) is 2.44. The van der Waals surface area contributed by atoms with Gasteiger partial charge in [-0.15, -0.1) is 0 Å². The average molecular weight is 136 g/mol. The molecule has 0 atom stereocenters. The SMILES string of the molecule is C[N+](C)(C)CC(=O)O.O. The molecule has 0 spiro atoms. The van der Waals surface area contributed by atoms with Crippen LogP contribution in [0.15, 0.2) is 0 Å². The van der Waals surface area contributed by atoms with Gasteiger partial charge in [0.05, 0.1) is 21.1 Å². The second-order valence-electron chi connectivity index (χ2n) is 2.84. The van der Waals surface area contributed by atoms with Crippen molar-refractivity contribution in [3.63, 3.8) is 0 Å². The number of aliphatic carboxylic acids is 1. The standard InChI is InChI=1S/C5H11NO2.H2O/c1-6(2,3)4-5(7)8;/h4H2,1-3H3;1H2/p+1. The van der Waals surface area contributed by atoms with E-state index in [0.29, 0.717) is 4.48 Å². The average Bonchev–Trinajstić information content (AvgIpc) is 1.21. The van der Waals surface area contributed by atoms with E-state index in [0.717, 1.165) is 0 Å². The highest BCUT2D eigenvalue weighted by molar-refractivity contribution is 5.67. The van der Waals surface area contributed by atoms with Crippen molar-refractivity contribution in [2.45, 2.75) is 0 Å². The summed E-state index contributed by atoms with van der Waals surface area (Å²) in [5.74, 6) is -0.752. The van der Waals surface area contributed by atoms with E-state index in [4.69, 9.17) is 5.11 Å². The molecule has 9 heavy (non-hydrogen) atoms. The summed E-state index contributed by atoms with van der Waals surface area (Å²) in [6.45, 7) is 0.181. The van der Waals surface area contributed by atoms with Gasteiger partial charge in [-0.1, -0.05) is 0 Å². The third-order valence-corrected chi connectivity index (χ3v) is 0.610. The molecule has 0 radical (unpaired) electrons. The van der Waals surface area contributed by atoms with Gasteiger partial charge in [-0.2, -0.15) is 0 Å². The summed E-state index contributed by atoms with van der Waals surface area (Å²) >= 11 is 0. The summed E-state index contributed by atoms with van der Waals surface area (Å²) in [5.41, 5.74) is 0. The van der Waals surface area contributed by atoms with Crippen LogP contribution in [0.5, 0.6) is 0 Å². The van der Waals surface area contributed by atoms with Gasteiger partial charge in [0, 0.05) is 0 Å². The maximum absolute atomic E-state index is 10.00. The molecule has 0 unspecified atom stereocenters. The van der Waals surface area contributed by atoms with Crippen molar-refractivity contribution in [3.05, 3.63) is 0 Å². The predicted octanol–water partition coefficient (Wildman–Crippen LogP) is -1.05. The monoisotopic (exact) mass is 136 g/mol. The number of carbonyl (C=O) groups is 1. The zero-order valence-electron chi connectivity index (χ0n) is 6.01. The maximum atomic E-state index is 10.00. The minimum absolute atomic E-state index is 0. The molecule has 0 rings (SSSR count). The van der Waals surface area contributed by atoms with Crippen molar-refractivity contribution in [3.8, 4) is 0 Å². The topological polar surface area (TPSA) is 68.8 Å². The molecule has 0 saturated heterocycles. The van der Waals surface area contributed by atoms with Gasteiger partial charge in [0.2, 0.25) is 0 Å². The highest BCUT2D eigenvalue weighted by Gasteiger charge is 2.11. The summed E-state index contributed by atoms with van der Waals surface area (Å²) in [5, 5.41) is 8.23. The minimum Gasteiger partial charge on any atom is -0.477 e. The highest BCUT2D eigenvalue weighted by Crippen LogP contribution is 1.86. The van der Waals surface area contributed by atoms with Gasteiger partial charge in [0.15, 0.2) is 6.54 Å². The summed E-state index contributed by atoms with van der Waals surface area (Å²) in [7, 11) is 5.52. The van der Waals surface area contributed by atoms with E-state index in [1.165, 1.54) is 0 Å². The van der Waals surface area contributed by atoms with Crippen molar-refractivity contribution in [2.75, 3.05) is 27.7 Å². The molecule has 56 valence electrons. The fourth-order valence-corrected chi connectivity index (χ4v) is 0.406. The lowest BCUT2D eigenvalue weighted by Gasteiger charge is -2.20. The van der Waals surface area contributed by atoms with Crippen LogP contribution in [-0.4, -0.2) is 48.7 Å². The number of carboxylic acid groups (broad SMARTS) is 1. The Morgan fingerprint density at radius 1 is 1.44 bits per heavy atom. The lowest BCUT2D eigenvalue weighted by Crippen LogP contribution is -2.39. The Morgan fingerprint density at radius 2 is 1.78 bits per heavy atom. The molecule has 0 aromatic rings. The number of hydrogen-bond acceptors (Lipinski definition) is 1. The molecule has 0 aliphatic heterocycles. The van der Waals surface area contributed by atoms with E-state index in [2.05, 4.69) is 0 Å². The van der Waals surface area contributed by atoms with Gasteiger partial charge in [0.1, 0.15) is 0 Å². The number of nitrogens with zero attached hydrogens (tertiary/aromatic N) is 1. The molecule has 0 aliphatic rings. The van der Waals surface area contributed by atoms with E-state index in [-0.39, 0.29) is 12.0 Å². The van der Waals surface area contributed by atoms with Crippen LogP contribution in [0.1, 0.15) is 0 Å². The molecule has 4 heteroatoms. The highest BCUT2D eigenvalue weighted by atomic mass is 16.4. The number of quaternary nitrogens is 1. The smallest absolute Gasteiger partial charge is 0.359 e. The lowest BCUT2D eigenvalue weighted by molar-refractivity contribution is -0.862. The van der Waals surface area contributed by atoms with Gasteiger partial charge >= 0.3 is 5.97 Å². The van der Waals surface area contributed by atoms with Crippen LogP contribution in [0.25, 0.3) is 0 Å². The first-order valence-electron chi connectivity index (χ1n) is 2.44. The quantitative estimate of drug-likeness (QED) is 0.492. The fourth-order valence-electron chi connectivity index (χ4n) is 0.406. The Labute approximate surface area is 54.6 Å². The second-order valence-corrected chi connectivity index (χ2v) is 2.84. The van der Waals surface area contributed by atoms with Crippen molar-refractivity contribution < 1.29 is 19.9 Å². The number of likely N-dealkylation sites (N-methyl/N-ethyl adjacent to an activating group) is 1. The molecular formula is C5H14NO3+. The first-order chi connectivity index (χ1) is 3.42. The third-order valence-electron chi connectivity index (χ3n) is 0.610. The molecular weight excluding hydrogens is 122 g/mol. The Morgan fingerprint density at radius 3 is 1.78 bits per heavy atom. The Kier molecular flexibility index (Phi) is 4.27. The van der Waals surface area contributed by atoms with Crippen LogP contribution in [-0.2, 0) is 4.79 Å². The normalized spacial score (nSPS) is 10.1. The Bertz CT molecular complexity index is 94.9. The van der Waals surface area contributed by atoms with E-state index >= 15 is 0 Å². The maximum Gasteiger partial charge on any atom is 0.359 e. The molecule has 4 nitrogen and oxygen atoms in total. The van der Waals surface area contributed by atoms with Gasteiger partial charge < -0.3 is 15.1 Å². The van der Waals surface area contributed by atoms with Crippen molar-refractivity contribution >= 4 is 5.97 Å². The molecule has 0 aliphatic carbocycles. The Balaban J connectivity index is 0. The molecule has 0 heterocycles. The molecule has 0 fully saturated rings. The summed E-state index contributed by atoms with van der Waals surface area (Å²) in [6, 6.07) is 0. The van der Waals surface area contributed by atoms with Gasteiger partial charge in [0.25, 0.3) is 0 Å². The number of carboxylic acids is 1. The lowest BCUT2D eigenvalue weighted by atomic mass is 10.5. The van der Waals surface area contributed by atoms with Crippen LogP contribution in [0.4, 0.5) is 0 Å². The Hall–Kier alpha value is -0.610. The van der Waals surface area contributed by atoms with Crippen LogP contribution < -0.4 is 0 Å². The van der Waals surface area contributed by atoms with E-state index < -0.39 is 5.97 Å². The van der Waals surface area contributed by atoms with Crippen molar-refractivity contribution in [1.29, 1.82) is 0 Å². The number of hydrogen-bond donors (Lipinski definition) is 1. The summed E-state index contributed by atoms with van der Waals surface area (Å²) in [4.78, 5) is 10.00. The van der Waals surface area contributed by atoms with E-state index in [1.54, 1.807) is 0 Å². The predicted molar refractivity (Wildman–Crippen MR) is 34.1 cm³/mol. The second kappa shape index (κ2) is 3.42. The van der Waals surface area contributed by atoms with Crippen LogP contribution in [0.2, 0.25) is 0 Å². The van der Waals surface area contributed by atoms with Crippen molar-refractivity contribution in [1.82, 2.24) is 0 Å². The van der Waals surface area contributed by atoms with Crippen LogP contribution in [0.3, 0.4) is 0 Å².